The first-order valence-corrected chi connectivity index (χ1v) is 8.06. The fourth-order valence-corrected chi connectivity index (χ4v) is 3.47. The summed E-state index contributed by atoms with van der Waals surface area (Å²) < 4.78 is 0. The van der Waals surface area contributed by atoms with Crippen molar-refractivity contribution >= 4 is 17.5 Å². The van der Waals surface area contributed by atoms with Gasteiger partial charge in [-0.2, -0.15) is 0 Å². The molecule has 1 saturated heterocycles. The predicted octanol–water partition coefficient (Wildman–Crippen LogP) is 1.87. The molecule has 1 spiro atoms. The van der Waals surface area contributed by atoms with Gasteiger partial charge in [0, 0.05) is 30.2 Å². The first-order valence-electron chi connectivity index (χ1n) is 8.06. The minimum Gasteiger partial charge on any atom is -0.361 e. The summed E-state index contributed by atoms with van der Waals surface area (Å²) in [6, 6.07) is 10.9. The molecule has 2 aromatic rings. The summed E-state index contributed by atoms with van der Waals surface area (Å²) >= 11 is 0. The first-order chi connectivity index (χ1) is 11.7. The van der Waals surface area contributed by atoms with E-state index in [1.165, 1.54) is 0 Å². The van der Waals surface area contributed by atoms with Crippen molar-refractivity contribution in [2.75, 3.05) is 18.4 Å². The maximum Gasteiger partial charge on any atom is 0.255 e. The number of amides is 2. The number of carbonyl (C=O) groups is 2. The van der Waals surface area contributed by atoms with E-state index < -0.39 is 5.66 Å². The highest BCUT2D eigenvalue weighted by molar-refractivity contribution is 6.02. The van der Waals surface area contributed by atoms with Crippen LogP contribution in [0.25, 0.3) is 0 Å². The number of fused-ring (bicyclic) bond motifs is 1. The molecule has 6 nitrogen and oxygen atoms in total. The summed E-state index contributed by atoms with van der Waals surface area (Å²) in [5.41, 5.74) is 1.47. The smallest absolute Gasteiger partial charge is 0.255 e. The number of likely N-dealkylation sites (tertiary alicyclic amines) is 1. The van der Waals surface area contributed by atoms with Gasteiger partial charge in [-0.15, -0.1) is 0 Å². The average Bonchev–Trinajstić information content (AvgIpc) is 2.62. The highest BCUT2D eigenvalue weighted by Crippen LogP contribution is 2.30. The van der Waals surface area contributed by atoms with E-state index in [0.29, 0.717) is 24.2 Å². The SMILES string of the molecule is O=C1NC2(CCCN(C(=O)c3ccncc3)C2)Nc2ccccc21. The van der Waals surface area contributed by atoms with Gasteiger partial charge < -0.3 is 15.5 Å². The van der Waals surface area contributed by atoms with Crippen molar-refractivity contribution in [3.63, 3.8) is 0 Å². The van der Waals surface area contributed by atoms with Crippen molar-refractivity contribution < 1.29 is 9.59 Å². The summed E-state index contributed by atoms with van der Waals surface area (Å²) in [6.45, 7) is 1.12. The molecule has 1 aromatic carbocycles. The van der Waals surface area contributed by atoms with Crippen LogP contribution in [-0.4, -0.2) is 40.5 Å². The van der Waals surface area contributed by atoms with Crippen LogP contribution < -0.4 is 10.6 Å². The van der Waals surface area contributed by atoms with Gasteiger partial charge in [0.2, 0.25) is 0 Å². The average molecular weight is 322 g/mol. The van der Waals surface area contributed by atoms with Gasteiger partial charge in [0.25, 0.3) is 11.8 Å². The van der Waals surface area contributed by atoms with Crippen LogP contribution in [0.15, 0.2) is 48.8 Å². The summed E-state index contributed by atoms with van der Waals surface area (Å²) in [4.78, 5) is 30.9. The molecule has 2 aliphatic heterocycles. The zero-order valence-corrected chi connectivity index (χ0v) is 13.2. The van der Waals surface area contributed by atoms with Crippen LogP contribution in [0.2, 0.25) is 0 Å². The Bertz CT molecular complexity index is 793. The Labute approximate surface area is 139 Å². The molecule has 2 aliphatic rings. The highest BCUT2D eigenvalue weighted by Gasteiger charge is 2.42. The van der Waals surface area contributed by atoms with Crippen molar-refractivity contribution in [1.29, 1.82) is 0 Å². The second kappa shape index (κ2) is 5.63. The maximum absolute atomic E-state index is 12.7. The van der Waals surface area contributed by atoms with Gasteiger partial charge in [-0.05, 0) is 37.1 Å². The van der Waals surface area contributed by atoms with Gasteiger partial charge in [0.15, 0.2) is 0 Å². The Balaban J connectivity index is 1.59. The lowest BCUT2D eigenvalue weighted by atomic mass is 9.93. The third kappa shape index (κ3) is 2.50. The van der Waals surface area contributed by atoms with Crippen LogP contribution in [-0.2, 0) is 0 Å². The standard InChI is InChI=1S/C18H18N4O2/c23-16-14-4-1-2-5-15(14)20-18(21-16)8-3-11-22(12-18)17(24)13-6-9-19-10-7-13/h1-2,4-7,9-10,20H,3,8,11-12H2,(H,21,23). The zero-order valence-electron chi connectivity index (χ0n) is 13.2. The second-order valence-corrected chi connectivity index (χ2v) is 6.27. The molecule has 1 fully saturated rings. The van der Waals surface area contributed by atoms with E-state index in [-0.39, 0.29) is 11.8 Å². The number of rotatable bonds is 1. The van der Waals surface area contributed by atoms with Crippen molar-refractivity contribution in [2.24, 2.45) is 0 Å². The number of nitrogens with zero attached hydrogens (tertiary/aromatic N) is 2. The molecule has 1 unspecified atom stereocenters. The Morgan fingerprint density at radius 2 is 1.92 bits per heavy atom. The largest absolute Gasteiger partial charge is 0.361 e. The number of hydrogen-bond donors (Lipinski definition) is 2. The molecule has 2 amide bonds. The lowest BCUT2D eigenvalue weighted by Crippen LogP contribution is -2.66. The molecule has 2 N–H and O–H groups in total. The molecule has 0 saturated carbocycles. The van der Waals surface area contributed by atoms with E-state index in [1.54, 1.807) is 35.5 Å². The molecule has 4 rings (SSSR count). The third-order valence-corrected chi connectivity index (χ3v) is 4.61. The Morgan fingerprint density at radius 1 is 1.12 bits per heavy atom. The lowest BCUT2D eigenvalue weighted by molar-refractivity contribution is 0.0592. The molecule has 0 bridgehead atoms. The van der Waals surface area contributed by atoms with E-state index in [9.17, 15) is 9.59 Å². The highest BCUT2D eigenvalue weighted by atomic mass is 16.2. The van der Waals surface area contributed by atoms with E-state index in [4.69, 9.17) is 0 Å². The monoisotopic (exact) mass is 322 g/mol. The molecule has 6 heteroatoms. The van der Waals surface area contributed by atoms with E-state index >= 15 is 0 Å². The fraction of sp³-hybridized carbons (Fsp3) is 0.278. The van der Waals surface area contributed by atoms with Crippen molar-refractivity contribution in [2.45, 2.75) is 18.5 Å². The van der Waals surface area contributed by atoms with Crippen molar-refractivity contribution in [3.05, 3.63) is 59.9 Å². The van der Waals surface area contributed by atoms with Gasteiger partial charge in [-0.3, -0.25) is 14.6 Å². The number of pyridine rings is 1. The molecule has 0 radical (unpaired) electrons. The topological polar surface area (TPSA) is 74.3 Å². The molecular formula is C18H18N4O2. The molecule has 24 heavy (non-hydrogen) atoms. The minimum atomic E-state index is -0.605. The van der Waals surface area contributed by atoms with E-state index in [0.717, 1.165) is 18.5 Å². The van der Waals surface area contributed by atoms with Gasteiger partial charge in [0.1, 0.15) is 5.66 Å². The normalized spacial score (nSPS) is 22.5. The van der Waals surface area contributed by atoms with Gasteiger partial charge in [0.05, 0.1) is 12.1 Å². The number of nitrogens with one attached hydrogen (secondary N) is 2. The second-order valence-electron chi connectivity index (χ2n) is 6.27. The molecule has 1 aromatic heterocycles. The molecule has 122 valence electrons. The number of anilines is 1. The maximum atomic E-state index is 12.7. The summed E-state index contributed by atoms with van der Waals surface area (Å²) in [5, 5.41) is 6.51. The Morgan fingerprint density at radius 3 is 2.75 bits per heavy atom. The van der Waals surface area contributed by atoms with Gasteiger partial charge in [-0.25, -0.2) is 0 Å². The molecular weight excluding hydrogens is 304 g/mol. The lowest BCUT2D eigenvalue weighted by Gasteiger charge is -2.46. The van der Waals surface area contributed by atoms with Gasteiger partial charge in [-0.1, -0.05) is 12.1 Å². The minimum absolute atomic E-state index is 0.0358. The van der Waals surface area contributed by atoms with Crippen LogP contribution in [0.4, 0.5) is 5.69 Å². The van der Waals surface area contributed by atoms with Crippen LogP contribution in [0.3, 0.4) is 0 Å². The number of piperidine rings is 1. The van der Waals surface area contributed by atoms with Crippen LogP contribution in [0.5, 0.6) is 0 Å². The third-order valence-electron chi connectivity index (χ3n) is 4.61. The molecule has 0 aliphatic carbocycles. The molecule has 1 atom stereocenters. The zero-order chi connectivity index (χ0) is 16.6. The number of aromatic nitrogens is 1. The summed E-state index contributed by atoms with van der Waals surface area (Å²) in [7, 11) is 0. The Kier molecular flexibility index (Phi) is 3.45. The number of benzene rings is 1. The van der Waals surface area contributed by atoms with E-state index in [1.807, 2.05) is 18.2 Å². The van der Waals surface area contributed by atoms with Crippen molar-refractivity contribution in [1.82, 2.24) is 15.2 Å². The summed E-state index contributed by atoms with van der Waals surface area (Å²) in [6.07, 6.45) is 4.84. The number of para-hydroxylation sites is 1. The van der Waals surface area contributed by atoms with Crippen molar-refractivity contribution in [3.8, 4) is 0 Å². The predicted molar refractivity (Wildman–Crippen MR) is 89.6 cm³/mol. The molecule has 3 heterocycles. The van der Waals surface area contributed by atoms with Gasteiger partial charge >= 0.3 is 0 Å². The van der Waals surface area contributed by atoms with Crippen LogP contribution >= 0.6 is 0 Å². The Hall–Kier alpha value is -2.89. The number of carbonyl (C=O) groups excluding carboxylic acids is 2. The number of hydrogen-bond acceptors (Lipinski definition) is 4. The van der Waals surface area contributed by atoms with Crippen LogP contribution in [0, 0.1) is 0 Å². The van der Waals surface area contributed by atoms with E-state index in [2.05, 4.69) is 15.6 Å². The fourth-order valence-electron chi connectivity index (χ4n) is 3.47. The quantitative estimate of drug-likeness (QED) is 0.840. The van der Waals surface area contributed by atoms with Crippen LogP contribution in [0.1, 0.15) is 33.6 Å². The first kappa shape index (κ1) is 14.7. The summed E-state index contributed by atoms with van der Waals surface area (Å²) in [5.74, 6) is -0.131.